The van der Waals surface area contributed by atoms with E-state index in [2.05, 4.69) is 0 Å². The van der Waals surface area contributed by atoms with Crippen molar-refractivity contribution in [1.82, 2.24) is 0 Å². The van der Waals surface area contributed by atoms with Crippen molar-refractivity contribution >= 4 is 5.78 Å². The highest BCUT2D eigenvalue weighted by Crippen LogP contribution is 2.23. The largest absolute Gasteiger partial charge is 0.508 e. The molecule has 2 N–H and O–H groups in total. The monoisotopic (exact) mass is 192 g/mol. The minimum atomic E-state index is -0.260. The average molecular weight is 192 g/mol. The summed E-state index contributed by atoms with van der Waals surface area (Å²) >= 11 is 0. The van der Waals surface area contributed by atoms with Crippen LogP contribution in [0.1, 0.15) is 23.7 Å². The van der Waals surface area contributed by atoms with Crippen LogP contribution >= 0.6 is 0 Å². The van der Waals surface area contributed by atoms with Gasteiger partial charge in [0.1, 0.15) is 11.5 Å². The van der Waals surface area contributed by atoms with E-state index in [1.54, 1.807) is 6.08 Å². The zero-order chi connectivity index (χ0) is 10.6. The minimum Gasteiger partial charge on any atom is -0.508 e. The summed E-state index contributed by atoms with van der Waals surface area (Å²) in [6.07, 6.45) is 3.89. The lowest BCUT2D eigenvalue weighted by atomic mass is 10.1. The predicted molar refractivity (Wildman–Crippen MR) is 53.5 cm³/mol. The number of carbonyl (C=O) groups excluding carboxylic acids is 1. The molecule has 14 heavy (non-hydrogen) atoms. The number of allylic oxidation sites excluding steroid dienone is 2. The molecule has 0 unspecified atom stereocenters. The average Bonchev–Trinajstić information content (AvgIpc) is 2.14. The molecule has 1 aromatic carbocycles. The maximum Gasteiger partial charge on any atom is 0.189 e. The van der Waals surface area contributed by atoms with E-state index >= 15 is 0 Å². The number of benzene rings is 1. The van der Waals surface area contributed by atoms with E-state index in [1.165, 1.54) is 18.2 Å². The molecule has 1 aromatic rings. The second kappa shape index (κ2) is 4.46. The molecule has 3 heteroatoms. The number of rotatable bonds is 3. The molecule has 0 saturated carbocycles. The molecular formula is C11H12O3. The van der Waals surface area contributed by atoms with Crippen molar-refractivity contribution in [1.29, 1.82) is 0 Å². The lowest BCUT2D eigenvalue weighted by Crippen LogP contribution is -1.94. The van der Waals surface area contributed by atoms with Crippen LogP contribution in [0, 0.1) is 0 Å². The first kappa shape index (κ1) is 10.3. The van der Waals surface area contributed by atoms with E-state index in [9.17, 15) is 9.90 Å². The number of hydrogen-bond donors (Lipinski definition) is 2. The van der Waals surface area contributed by atoms with Gasteiger partial charge in [0.05, 0.1) is 5.56 Å². The molecule has 0 spiro atoms. The van der Waals surface area contributed by atoms with Crippen molar-refractivity contribution < 1.29 is 15.0 Å². The maximum atomic E-state index is 11.4. The molecule has 0 aliphatic rings. The topological polar surface area (TPSA) is 57.5 Å². The van der Waals surface area contributed by atoms with Crippen LogP contribution in [0.3, 0.4) is 0 Å². The second-order valence-corrected chi connectivity index (χ2v) is 2.88. The molecule has 1 rings (SSSR count). The van der Waals surface area contributed by atoms with Crippen molar-refractivity contribution in [3.05, 3.63) is 35.9 Å². The molecule has 0 heterocycles. The fourth-order valence-corrected chi connectivity index (χ4v) is 1.04. The van der Waals surface area contributed by atoms with Gasteiger partial charge in [0.25, 0.3) is 0 Å². The third-order valence-corrected chi connectivity index (χ3v) is 1.75. The van der Waals surface area contributed by atoms with E-state index in [-0.39, 0.29) is 22.8 Å². The number of phenolic OH excluding ortho intramolecular Hbond substituents is 2. The van der Waals surface area contributed by atoms with Crippen molar-refractivity contribution in [2.24, 2.45) is 0 Å². The zero-order valence-electron chi connectivity index (χ0n) is 7.90. The Kier molecular flexibility index (Phi) is 3.29. The van der Waals surface area contributed by atoms with Crippen LogP contribution in [0.25, 0.3) is 0 Å². The summed E-state index contributed by atoms with van der Waals surface area (Å²) in [6, 6.07) is 3.91. The highest BCUT2D eigenvalue weighted by atomic mass is 16.3. The molecule has 3 nitrogen and oxygen atoms in total. The van der Waals surface area contributed by atoms with Crippen LogP contribution in [0.4, 0.5) is 0 Å². The zero-order valence-corrected chi connectivity index (χ0v) is 7.90. The summed E-state index contributed by atoms with van der Waals surface area (Å²) in [5.74, 6) is -0.515. The lowest BCUT2D eigenvalue weighted by Gasteiger charge is -2.00. The van der Waals surface area contributed by atoms with Crippen LogP contribution in [-0.4, -0.2) is 16.0 Å². The Bertz CT molecular complexity index is 367. The van der Waals surface area contributed by atoms with Gasteiger partial charge in [0.2, 0.25) is 0 Å². The fourth-order valence-electron chi connectivity index (χ4n) is 1.04. The normalized spacial score (nSPS) is 10.6. The summed E-state index contributed by atoms with van der Waals surface area (Å²) in [6.45, 7) is 1.92. The summed E-state index contributed by atoms with van der Waals surface area (Å²) in [4.78, 5) is 11.4. The molecule has 0 atom stereocenters. The molecule has 0 bridgehead atoms. The number of aromatic hydroxyl groups is 2. The Morgan fingerprint density at radius 1 is 1.43 bits per heavy atom. The van der Waals surface area contributed by atoms with E-state index in [0.717, 1.165) is 12.5 Å². The molecule has 0 saturated heterocycles. The number of carbonyl (C=O) groups is 1. The Morgan fingerprint density at radius 3 is 2.71 bits per heavy atom. The van der Waals surface area contributed by atoms with Gasteiger partial charge in [-0.2, -0.15) is 0 Å². The molecular weight excluding hydrogens is 180 g/mol. The van der Waals surface area contributed by atoms with Gasteiger partial charge < -0.3 is 10.2 Å². The van der Waals surface area contributed by atoms with Gasteiger partial charge >= 0.3 is 0 Å². The van der Waals surface area contributed by atoms with Crippen LogP contribution in [0.15, 0.2) is 30.4 Å². The van der Waals surface area contributed by atoms with Crippen LogP contribution < -0.4 is 0 Å². The van der Waals surface area contributed by atoms with Crippen LogP contribution in [0.2, 0.25) is 0 Å². The smallest absolute Gasteiger partial charge is 0.189 e. The first-order chi connectivity index (χ1) is 6.65. The van der Waals surface area contributed by atoms with Gasteiger partial charge in [-0.1, -0.05) is 13.0 Å². The van der Waals surface area contributed by atoms with Crippen molar-refractivity contribution in [2.45, 2.75) is 13.3 Å². The van der Waals surface area contributed by atoms with Crippen molar-refractivity contribution in [3.63, 3.8) is 0 Å². The summed E-state index contributed by atoms with van der Waals surface area (Å²) in [5.41, 5.74) is 0.201. The SMILES string of the molecule is CC/C=C/C(=O)c1ccc(O)cc1O. The number of ketones is 1. The molecule has 0 amide bonds. The molecule has 0 fully saturated rings. The van der Waals surface area contributed by atoms with Gasteiger partial charge in [0.15, 0.2) is 5.78 Å². The Hall–Kier alpha value is -1.77. The Morgan fingerprint density at radius 2 is 2.14 bits per heavy atom. The molecule has 74 valence electrons. The Balaban J connectivity index is 2.96. The minimum absolute atomic E-state index is 0.0569. The molecule has 0 aliphatic heterocycles. The van der Waals surface area contributed by atoms with Gasteiger partial charge in [-0.3, -0.25) is 4.79 Å². The third-order valence-electron chi connectivity index (χ3n) is 1.75. The van der Waals surface area contributed by atoms with Gasteiger partial charge in [-0.25, -0.2) is 0 Å². The highest BCUT2D eigenvalue weighted by Gasteiger charge is 2.07. The standard InChI is InChI=1S/C11H12O3/c1-2-3-4-10(13)9-6-5-8(12)7-11(9)14/h3-7,12,14H,2H2,1H3/b4-3+. The van der Waals surface area contributed by atoms with Crippen molar-refractivity contribution in [3.8, 4) is 11.5 Å². The van der Waals surface area contributed by atoms with Gasteiger partial charge in [-0.15, -0.1) is 0 Å². The second-order valence-electron chi connectivity index (χ2n) is 2.88. The summed E-state index contributed by atoms with van der Waals surface area (Å²) in [7, 11) is 0. The predicted octanol–water partition coefficient (Wildman–Crippen LogP) is 2.25. The number of hydrogen-bond acceptors (Lipinski definition) is 3. The van der Waals surface area contributed by atoms with E-state index in [4.69, 9.17) is 5.11 Å². The third kappa shape index (κ3) is 2.36. The van der Waals surface area contributed by atoms with Crippen LogP contribution in [0.5, 0.6) is 11.5 Å². The van der Waals surface area contributed by atoms with E-state index < -0.39 is 0 Å². The van der Waals surface area contributed by atoms with E-state index in [1.807, 2.05) is 6.92 Å². The quantitative estimate of drug-likeness (QED) is 0.570. The van der Waals surface area contributed by atoms with Gasteiger partial charge in [0, 0.05) is 6.07 Å². The molecule has 0 aliphatic carbocycles. The Labute approximate surface area is 82.3 Å². The molecule has 0 radical (unpaired) electrons. The lowest BCUT2D eigenvalue weighted by molar-refractivity contribution is 0.104. The maximum absolute atomic E-state index is 11.4. The first-order valence-electron chi connectivity index (χ1n) is 4.38. The van der Waals surface area contributed by atoms with Crippen LogP contribution in [-0.2, 0) is 0 Å². The summed E-state index contributed by atoms with van der Waals surface area (Å²) < 4.78 is 0. The first-order valence-corrected chi connectivity index (χ1v) is 4.38. The fraction of sp³-hybridized carbons (Fsp3) is 0.182. The van der Waals surface area contributed by atoms with E-state index in [0.29, 0.717) is 0 Å². The van der Waals surface area contributed by atoms with Gasteiger partial charge in [-0.05, 0) is 24.6 Å². The number of phenols is 2. The highest BCUT2D eigenvalue weighted by molar-refractivity contribution is 6.06. The van der Waals surface area contributed by atoms with Crippen molar-refractivity contribution in [2.75, 3.05) is 0 Å². The molecule has 0 aromatic heterocycles. The summed E-state index contributed by atoms with van der Waals surface area (Å²) in [5, 5.41) is 18.4.